The van der Waals surface area contributed by atoms with Crippen molar-refractivity contribution in [3.8, 4) is 0 Å². The first kappa shape index (κ1) is 12.7. The fourth-order valence-electron chi connectivity index (χ4n) is 4.21. The van der Waals surface area contributed by atoms with E-state index in [0.717, 1.165) is 50.3 Å². The Morgan fingerprint density at radius 1 is 1.20 bits per heavy atom. The molecule has 4 atom stereocenters. The molecule has 2 fully saturated rings. The zero-order valence-electron chi connectivity index (χ0n) is 11.6. The van der Waals surface area contributed by atoms with Gasteiger partial charge < -0.3 is 10.5 Å². The Morgan fingerprint density at radius 3 is 2.70 bits per heavy atom. The Morgan fingerprint density at radius 2 is 1.95 bits per heavy atom. The maximum Gasteiger partial charge on any atom is 0.123 e. The molecule has 0 spiro atoms. The molecule has 0 unspecified atom stereocenters. The molecule has 0 bridgehead atoms. The number of rotatable bonds is 1. The molecular formula is C16H21FN2O. The van der Waals surface area contributed by atoms with Crippen molar-refractivity contribution in [1.29, 1.82) is 0 Å². The first-order chi connectivity index (χ1) is 9.72. The van der Waals surface area contributed by atoms with Gasteiger partial charge in [0.15, 0.2) is 0 Å². The van der Waals surface area contributed by atoms with Crippen LogP contribution in [0.5, 0.6) is 0 Å². The molecule has 108 valence electrons. The fourth-order valence-corrected chi connectivity index (χ4v) is 4.21. The van der Waals surface area contributed by atoms with Crippen LogP contribution in [0.4, 0.5) is 4.39 Å². The Kier molecular flexibility index (Phi) is 3.05. The lowest BCUT2D eigenvalue weighted by molar-refractivity contribution is 0.124. The number of likely N-dealkylation sites (tertiary alicyclic amines) is 1. The van der Waals surface area contributed by atoms with Gasteiger partial charge >= 0.3 is 0 Å². The van der Waals surface area contributed by atoms with Gasteiger partial charge in [-0.15, -0.1) is 0 Å². The lowest BCUT2D eigenvalue weighted by atomic mass is 9.83. The van der Waals surface area contributed by atoms with Gasteiger partial charge in [0.1, 0.15) is 5.82 Å². The van der Waals surface area contributed by atoms with Gasteiger partial charge in [-0.3, -0.25) is 4.90 Å². The average molecular weight is 276 g/mol. The van der Waals surface area contributed by atoms with E-state index in [0.29, 0.717) is 17.9 Å². The molecule has 0 amide bonds. The normalized spacial score (nSPS) is 36.9. The van der Waals surface area contributed by atoms with Crippen LogP contribution in [-0.4, -0.2) is 37.2 Å². The number of nitrogens with zero attached hydrogens (tertiary/aromatic N) is 1. The first-order valence-corrected chi connectivity index (χ1v) is 7.58. The van der Waals surface area contributed by atoms with Crippen molar-refractivity contribution in [1.82, 2.24) is 4.90 Å². The predicted molar refractivity (Wildman–Crippen MR) is 74.8 cm³/mol. The SMILES string of the molecule is N[C@@H]1c2ccc(F)cc2CC[C@H]1N1C[C@H]2COC[C@H]2C1. The zero-order chi connectivity index (χ0) is 13.7. The average Bonchev–Trinajstić information content (AvgIpc) is 2.99. The molecule has 0 radical (unpaired) electrons. The number of ether oxygens (including phenoxy) is 1. The van der Waals surface area contributed by atoms with Crippen molar-refractivity contribution in [3.63, 3.8) is 0 Å². The lowest BCUT2D eigenvalue weighted by Crippen LogP contribution is -2.45. The van der Waals surface area contributed by atoms with E-state index < -0.39 is 0 Å². The highest BCUT2D eigenvalue weighted by Crippen LogP contribution is 2.37. The van der Waals surface area contributed by atoms with Crippen LogP contribution in [0.15, 0.2) is 18.2 Å². The smallest absolute Gasteiger partial charge is 0.123 e. The van der Waals surface area contributed by atoms with Gasteiger partial charge in [-0.1, -0.05) is 6.07 Å². The molecule has 2 saturated heterocycles. The molecule has 1 aliphatic carbocycles. The molecule has 4 heteroatoms. The van der Waals surface area contributed by atoms with Gasteiger partial charge in [-0.2, -0.15) is 0 Å². The molecule has 0 aromatic heterocycles. The van der Waals surface area contributed by atoms with Gasteiger partial charge in [0.2, 0.25) is 0 Å². The molecule has 2 N–H and O–H groups in total. The summed E-state index contributed by atoms with van der Waals surface area (Å²) in [4.78, 5) is 2.55. The number of hydrogen-bond acceptors (Lipinski definition) is 3. The summed E-state index contributed by atoms with van der Waals surface area (Å²) in [6.45, 7) is 4.04. The number of benzene rings is 1. The van der Waals surface area contributed by atoms with Gasteiger partial charge in [0.25, 0.3) is 0 Å². The summed E-state index contributed by atoms with van der Waals surface area (Å²) < 4.78 is 18.9. The van der Waals surface area contributed by atoms with Crippen LogP contribution < -0.4 is 5.73 Å². The summed E-state index contributed by atoms with van der Waals surface area (Å²) in [5.41, 5.74) is 8.70. The maximum atomic E-state index is 13.3. The van der Waals surface area contributed by atoms with E-state index in [2.05, 4.69) is 4.90 Å². The second-order valence-electron chi connectivity index (χ2n) is 6.49. The van der Waals surface area contributed by atoms with E-state index >= 15 is 0 Å². The minimum Gasteiger partial charge on any atom is -0.381 e. The zero-order valence-corrected chi connectivity index (χ0v) is 11.6. The second-order valence-corrected chi connectivity index (χ2v) is 6.49. The van der Waals surface area contributed by atoms with Gasteiger partial charge in [0.05, 0.1) is 13.2 Å². The quantitative estimate of drug-likeness (QED) is 0.849. The van der Waals surface area contributed by atoms with E-state index in [4.69, 9.17) is 10.5 Å². The molecule has 2 heterocycles. The molecular weight excluding hydrogens is 255 g/mol. The van der Waals surface area contributed by atoms with Crippen LogP contribution in [0.1, 0.15) is 23.6 Å². The summed E-state index contributed by atoms with van der Waals surface area (Å²) in [5, 5.41) is 0. The minimum atomic E-state index is -0.151. The molecule has 3 nitrogen and oxygen atoms in total. The fraction of sp³-hybridized carbons (Fsp3) is 0.625. The topological polar surface area (TPSA) is 38.5 Å². The van der Waals surface area contributed by atoms with E-state index in [1.807, 2.05) is 6.07 Å². The van der Waals surface area contributed by atoms with Crippen LogP contribution in [0.25, 0.3) is 0 Å². The van der Waals surface area contributed by atoms with Crippen molar-refractivity contribution in [2.24, 2.45) is 17.6 Å². The van der Waals surface area contributed by atoms with Crippen LogP contribution in [0.2, 0.25) is 0 Å². The number of aryl methyl sites for hydroxylation is 1. The molecule has 3 aliphatic rings. The number of nitrogens with two attached hydrogens (primary N) is 1. The lowest BCUT2D eigenvalue weighted by Gasteiger charge is -2.37. The third-order valence-electron chi connectivity index (χ3n) is 5.33. The predicted octanol–water partition coefficient (Wildman–Crippen LogP) is 1.72. The summed E-state index contributed by atoms with van der Waals surface area (Å²) in [5.74, 6) is 1.23. The Balaban J connectivity index is 1.55. The van der Waals surface area contributed by atoms with E-state index in [1.54, 1.807) is 6.07 Å². The minimum absolute atomic E-state index is 0.0131. The number of halogens is 1. The largest absolute Gasteiger partial charge is 0.381 e. The summed E-state index contributed by atoms with van der Waals surface area (Å²) in [7, 11) is 0. The van der Waals surface area contributed by atoms with Crippen molar-refractivity contribution in [2.75, 3.05) is 26.3 Å². The van der Waals surface area contributed by atoms with Crippen molar-refractivity contribution in [3.05, 3.63) is 35.1 Å². The highest BCUT2D eigenvalue weighted by molar-refractivity contribution is 5.34. The molecule has 2 aliphatic heterocycles. The third-order valence-corrected chi connectivity index (χ3v) is 5.33. The standard InChI is InChI=1S/C16H21FN2O/c17-13-2-3-14-10(5-13)1-4-15(16(14)18)19-6-11-8-20-9-12(11)7-19/h2-3,5,11-12,15-16H,1,4,6-9,18H2/t11-,12+,15-,16-/m1/s1. The monoisotopic (exact) mass is 276 g/mol. The van der Waals surface area contributed by atoms with E-state index in [-0.39, 0.29) is 11.9 Å². The highest BCUT2D eigenvalue weighted by atomic mass is 19.1. The van der Waals surface area contributed by atoms with Crippen molar-refractivity contribution >= 4 is 0 Å². The number of fused-ring (bicyclic) bond motifs is 2. The highest BCUT2D eigenvalue weighted by Gasteiger charge is 2.42. The van der Waals surface area contributed by atoms with Crippen LogP contribution in [0.3, 0.4) is 0 Å². The summed E-state index contributed by atoms with van der Waals surface area (Å²) >= 11 is 0. The molecule has 0 saturated carbocycles. The van der Waals surface area contributed by atoms with Crippen molar-refractivity contribution < 1.29 is 9.13 Å². The van der Waals surface area contributed by atoms with E-state index in [1.165, 1.54) is 6.07 Å². The van der Waals surface area contributed by atoms with Gasteiger partial charge in [-0.05, 0) is 36.1 Å². The molecule has 4 rings (SSSR count). The molecule has 1 aromatic carbocycles. The maximum absolute atomic E-state index is 13.3. The van der Waals surface area contributed by atoms with Gasteiger partial charge in [-0.25, -0.2) is 4.39 Å². The first-order valence-electron chi connectivity index (χ1n) is 7.58. The Labute approximate surface area is 118 Å². The summed E-state index contributed by atoms with van der Waals surface area (Å²) in [6.07, 6.45) is 1.98. The van der Waals surface area contributed by atoms with Gasteiger partial charge in [0, 0.05) is 37.0 Å². The second kappa shape index (κ2) is 4.79. The molecule has 1 aromatic rings. The van der Waals surface area contributed by atoms with Crippen LogP contribution >= 0.6 is 0 Å². The van der Waals surface area contributed by atoms with Crippen LogP contribution in [-0.2, 0) is 11.2 Å². The summed E-state index contributed by atoms with van der Waals surface area (Å²) in [6, 6.07) is 5.48. The van der Waals surface area contributed by atoms with Crippen molar-refractivity contribution in [2.45, 2.75) is 24.9 Å². The van der Waals surface area contributed by atoms with E-state index in [9.17, 15) is 4.39 Å². The Hall–Kier alpha value is -0.970. The van der Waals surface area contributed by atoms with Crippen LogP contribution in [0, 0.1) is 17.7 Å². The molecule has 20 heavy (non-hydrogen) atoms. The number of hydrogen-bond donors (Lipinski definition) is 1. The third kappa shape index (κ3) is 1.98. The Bertz CT molecular complexity index is 509.